The zero-order chi connectivity index (χ0) is 21.3. The van der Waals surface area contributed by atoms with Gasteiger partial charge >= 0.3 is 0 Å². The van der Waals surface area contributed by atoms with E-state index in [9.17, 15) is 14.0 Å². The summed E-state index contributed by atoms with van der Waals surface area (Å²) < 4.78 is 32.6. The molecule has 0 unspecified atom stereocenters. The van der Waals surface area contributed by atoms with Gasteiger partial charge in [0.2, 0.25) is 0 Å². The van der Waals surface area contributed by atoms with Crippen molar-refractivity contribution in [3.8, 4) is 23.1 Å². The van der Waals surface area contributed by atoms with Gasteiger partial charge < -0.3 is 14.6 Å². The fourth-order valence-electron chi connectivity index (χ4n) is 4.02. The molecule has 3 aromatic rings. The molecule has 0 amide bonds. The summed E-state index contributed by atoms with van der Waals surface area (Å²) in [7, 11) is 0. The Morgan fingerprint density at radius 2 is 1.90 bits per heavy atom. The molecule has 0 bridgehead atoms. The number of fused-ring (bicyclic) bond motifs is 1. The molecule has 1 N–H and O–H groups in total. The molecule has 1 saturated carbocycles. The van der Waals surface area contributed by atoms with Crippen molar-refractivity contribution in [2.75, 3.05) is 11.9 Å². The molecule has 0 radical (unpaired) electrons. The zero-order valence-corrected chi connectivity index (χ0v) is 17.2. The highest BCUT2D eigenvalue weighted by Crippen LogP contribution is 2.43. The van der Waals surface area contributed by atoms with Crippen LogP contribution < -0.4 is 10.1 Å². The Balaban J connectivity index is 1.84. The van der Waals surface area contributed by atoms with Crippen LogP contribution in [0.2, 0.25) is 0 Å². The minimum Gasteiger partial charge on any atom is -0.488 e. The maximum absolute atomic E-state index is 12.6. The van der Waals surface area contributed by atoms with Crippen molar-refractivity contribution in [2.24, 2.45) is 0 Å². The topological polar surface area (TPSA) is 50.0 Å². The predicted octanol–water partition coefficient (Wildman–Crippen LogP) is 6.37. The third kappa shape index (κ3) is 3.85. The van der Waals surface area contributed by atoms with Crippen LogP contribution in [0.4, 0.5) is 14.5 Å². The minimum atomic E-state index is -2.53. The van der Waals surface area contributed by atoms with E-state index in [4.69, 9.17) is 4.74 Å². The normalized spacial score (nSPS) is 14.2. The number of halogens is 2. The lowest BCUT2D eigenvalue weighted by atomic mass is 9.92. The predicted molar refractivity (Wildman–Crippen MR) is 115 cm³/mol. The fourth-order valence-corrected chi connectivity index (χ4v) is 4.02. The largest absolute Gasteiger partial charge is 0.488 e. The fraction of sp³-hybridized carbons (Fsp3) is 0.375. The van der Waals surface area contributed by atoms with Gasteiger partial charge in [0.25, 0.3) is 6.43 Å². The number of nitriles is 1. The average molecular weight is 409 g/mol. The van der Waals surface area contributed by atoms with E-state index in [1.54, 1.807) is 12.1 Å². The monoisotopic (exact) mass is 409 g/mol. The van der Waals surface area contributed by atoms with Gasteiger partial charge in [0, 0.05) is 29.2 Å². The average Bonchev–Trinajstić information content (AvgIpc) is 2.98. The van der Waals surface area contributed by atoms with Crippen LogP contribution in [-0.2, 0) is 0 Å². The van der Waals surface area contributed by atoms with Crippen molar-refractivity contribution in [3.05, 3.63) is 48.0 Å². The molecular weight excluding hydrogens is 384 g/mol. The number of rotatable bonds is 7. The number of alkyl halides is 2. The molecule has 4 rings (SSSR count). The number of nitrogens with one attached hydrogen (secondary N) is 1. The van der Waals surface area contributed by atoms with E-state index in [1.807, 2.05) is 30.3 Å². The Morgan fingerprint density at radius 3 is 2.47 bits per heavy atom. The number of anilines is 1. The first kappa shape index (κ1) is 20.2. The first-order valence-corrected chi connectivity index (χ1v) is 10.3. The molecular formula is C24H25F2N3O. The molecule has 1 aliphatic rings. The van der Waals surface area contributed by atoms with E-state index < -0.39 is 13.0 Å². The zero-order valence-electron chi connectivity index (χ0n) is 17.2. The summed E-state index contributed by atoms with van der Waals surface area (Å²) in [5, 5.41) is 14.2. The Labute approximate surface area is 175 Å². The maximum Gasteiger partial charge on any atom is 0.272 e. The van der Waals surface area contributed by atoms with Gasteiger partial charge in [-0.15, -0.1) is 0 Å². The molecule has 0 aliphatic heterocycles. The van der Waals surface area contributed by atoms with Gasteiger partial charge in [-0.1, -0.05) is 12.1 Å². The number of hydrogen-bond acceptors (Lipinski definition) is 3. The van der Waals surface area contributed by atoms with Gasteiger partial charge in [-0.2, -0.15) is 5.26 Å². The Morgan fingerprint density at radius 1 is 1.17 bits per heavy atom. The van der Waals surface area contributed by atoms with Crippen LogP contribution in [0.1, 0.15) is 44.7 Å². The molecule has 0 spiro atoms. The van der Waals surface area contributed by atoms with E-state index in [2.05, 4.69) is 29.8 Å². The van der Waals surface area contributed by atoms with Gasteiger partial charge in [-0.3, -0.25) is 0 Å². The molecule has 1 aromatic heterocycles. The van der Waals surface area contributed by atoms with Crippen LogP contribution in [0, 0.1) is 11.3 Å². The molecule has 0 saturated heterocycles. The van der Waals surface area contributed by atoms with Gasteiger partial charge in [0.15, 0.2) is 0 Å². The number of aromatic nitrogens is 1. The third-order valence-electron chi connectivity index (χ3n) is 5.52. The molecule has 2 aromatic carbocycles. The molecule has 0 atom stereocenters. The second-order valence-electron chi connectivity index (χ2n) is 8.05. The number of nitrogens with zero attached hydrogens (tertiary/aromatic N) is 2. The smallest absolute Gasteiger partial charge is 0.272 e. The van der Waals surface area contributed by atoms with Crippen molar-refractivity contribution < 1.29 is 13.5 Å². The van der Waals surface area contributed by atoms with E-state index in [1.165, 1.54) is 0 Å². The van der Waals surface area contributed by atoms with E-state index in [-0.39, 0.29) is 0 Å². The van der Waals surface area contributed by atoms with Crippen LogP contribution in [0.15, 0.2) is 42.5 Å². The van der Waals surface area contributed by atoms with Crippen molar-refractivity contribution in [1.82, 2.24) is 4.57 Å². The standard InChI is InChI=1S/C24H25F2N3O/c1-15(2)28-17-8-6-16(7-9-17)24-21(13-27)20-11-10-19(30-14-23(25)26)12-22(20)29(24)18-4-3-5-18/h6-12,15,18,23,28H,3-5,14H2,1-2H3. The summed E-state index contributed by atoms with van der Waals surface area (Å²) in [4.78, 5) is 0. The highest BCUT2D eigenvalue weighted by atomic mass is 19.3. The number of ether oxygens (including phenoxy) is 1. The molecule has 156 valence electrons. The third-order valence-corrected chi connectivity index (χ3v) is 5.52. The highest BCUT2D eigenvalue weighted by Gasteiger charge is 2.28. The lowest BCUT2D eigenvalue weighted by Gasteiger charge is -2.30. The molecule has 6 heteroatoms. The lowest BCUT2D eigenvalue weighted by Crippen LogP contribution is -2.18. The van der Waals surface area contributed by atoms with E-state index >= 15 is 0 Å². The number of hydrogen-bond donors (Lipinski definition) is 1. The lowest BCUT2D eigenvalue weighted by molar-refractivity contribution is 0.0819. The Bertz CT molecular complexity index is 1080. The van der Waals surface area contributed by atoms with Gasteiger partial charge in [-0.05, 0) is 62.9 Å². The summed E-state index contributed by atoms with van der Waals surface area (Å²) in [5.74, 6) is 0.397. The van der Waals surface area contributed by atoms with Crippen LogP contribution in [0.3, 0.4) is 0 Å². The first-order chi connectivity index (χ1) is 14.5. The van der Waals surface area contributed by atoms with Crippen LogP contribution in [0.25, 0.3) is 22.2 Å². The molecule has 1 heterocycles. The van der Waals surface area contributed by atoms with Gasteiger partial charge in [0.05, 0.1) is 16.8 Å². The second kappa shape index (κ2) is 8.35. The molecule has 1 fully saturated rings. The SMILES string of the molecule is CC(C)Nc1ccc(-c2c(C#N)c3ccc(OCC(F)F)cc3n2C2CCC2)cc1. The second-order valence-corrected chi connectivity index (χ2v) is 8.05. The van der Waals surface area contributed by atoms with E-state index in [0.29, 0.717) is 23.4 Å². The summed E-state index contributed by atoms with van der Waals surface area (Å²) in [6.07, 6.45) is 0.695. The molecule has 1 aliphatic carbocycles. The van der Waals surface area contributed by atoms with Crippen LogP contribution >= 0.6 is 0 Å². The highest BCUT2D eigenvalue weighted by molar-refractivity contribution is 5.95. The maximum atomic E-state index is 12.6. The number of benzene rings is 2. The molecule has 4 nitrogen and oxygen atoms in total. The van der Waals surface area contributed by atoms with Gasteiger partial charge in [0.1, 0.15) is 18.4 Å². The summed E-state index contributed by atoms with van der Waals surface area (Å²) in [6, 6.07) is 16.4. The van der Waals surface area contributed by atoms with E-state index in [0.717, 1.165) is 47.1 Å². The summed E-state index contributed by atoms with van der Waals surface area (Å²) in [5.41, 5.74) is 4.36. The first-order valence-electron chi connectivity index (χ1n) is 10.3. The van der Waals surface area contributed by atoms with Crippen LogP contribution in [0.5, 0.6) is 5.75 Å². The van der Waals surface area contributed by atoms with Crippen molar-refractivity contribution in [2.45, 2.75) is 51.6 Å². The van der Waals surface area contributed by atoms with Crippen molar-refractivity contribution in [1.29, 1.82) is 5.26 Å². The van der Waals surface area contributed by atoms with Crippen LogP contribution in [-0.4, -0.2) is 23.6 Å². The summed E-state index contributed by atoms with van der Waals surface area (Å²) in [6.45, 7) is 3.53. The quantitative estimate of drug-likeness (QED) is 0.493. The molecule has 30 heavy (non-hydrogen) atoms. The minimum absolute atomic E-state index is 0.295. The van der Waals surface area contributed by atoms with Crippen molar-refractivity contribution in [3.63, 3.8) is 0 Å². The Kier molecular flexibility index (Phi) is 5.63. The van der Waals surface area contributed by atoms with Gasteiger partial charge in [-0.25, -0.2) is 8.78 Å². The Hall–Kier alpha value is -3.07. The van der Waals surface area contributed by atoms with Crippen molar-refractivity contribution >= 4 is 16.6 Å². The summed E-state index contributed by atoms with van der Waals surface area (Å²) >= 11 is 0.